The topological polar surface area (TPSA) is 119 Å². The normalized spacial score (nSPS) is 11.2. The number of anilines is 1. The Kier molecular flexibility index (Phi) is 6.35. The lowest BCUT2D eigenvalue weighted by atomic mass is 10.2. The van der Waals surface area contributed by atoms with Gasteiger partial charge in [-0.3, -0.25) is 23.6 Å². The number of aromatic amines is 1. The lowest BCUT2D eigenvalue weighted by Gasteiger charge is -2.16. The molecule has 34 heavy (non-hydrogen) atoms. The van der Waals surface area contributed by atoms with Gasteiger partial charge in [-0.25, -0.2) is 19.7 Å². The number of imidazole rings is 1. The van der Waals surface area contributed by atoms with E-state index in [4.69, 9.17) is 0 Å². The van der Waals surface area contributed by atoms with Crippen LogP contribution in [0.25, 0.3) is 22.6 Å². The molecular formula is C23H24FN7O3. The summed E-state index contributed by atoms with van der Waals surface area (Å²) in [6.45, 7) is 4.61. The first kappa shape index (κ1) is 23.0. The molecule has 0 bridgehead atoms. The number of rotatable bonds is 7. The quantitative estimate of drug-likeness (QED) is 0.419. The van der Waals surface area contributed by atoms with Gasteiger partial charge in [-0.1, -0.05) is 13.8 Å². The number of aryl methyl sites for hydroxylation is 1. The fourth-order valence-corrected chi connectivity index (χ4v) is 3.67. The van der Waals surface area contributed by atoms with Gasteiger partial charge in [0.25, 0.3) is 11.5 Å². The maximum absolute atomic E-state index is 13.0. The van der Waals surface area contributed by atoms with Crippen molar-refractivity contribution in [2.75, 3.05) is 11.9 Å². The molecular weight excluding hydrogens is 441 g/mol. The fourth-order valence-electron chi connectivity index (χ4n) is 3.67. The van der Waals surface area contributed by atoms with Crippen LogP contribution in [-0.2, 0) is 13.1 Å². The van der Waals surface area contributed by atoms with E-state index in [-0.39, 0.29) is 16.8 Å². The lowest BCUT2D eigenvalue weighted by molar-refractivity contribution is 0.0992. The van der Waals surface area contributed by atoms with Crippen LogP contribution in [0.5, 0.6) is 0 Å². The van der Waals surface area contributed by atoms with Crippen molar-refractivity contribution in [2.24, 2.45) is 0 Å². The fraction of sp³-hybridized carbons (Fsp3) is 0.304. The lowest BCUT2D eigenvalue weighted by Crippen LogP contribution is -2.40. The minimum absolute atomic E-state index is 0.226. The van der Waals surface area contributed by atoms with Crippen LogP contribution in [0.1, 0.15) is 37.0 Å². The van der Waals surface area contributed by atoms with Crippen molar-refractivity contribution < 1.29 is 9.18 Å². The molecule has 4 aromatic rings. The van der Waals surface area contributed by atoms with Gasteiger partial charge in [0, 0.05) is 38.1 Å². The zero-order valence-corrected chi connectivity index (χ0v) is 19.1. The first-order chi connectivity index (χ1) is 16.3. The summed E-state index contributed by atoms with van der Waals surface area (Å²) in [7, 11) is 1.55. The third-order valence-corrected chi connectivity index (χ3v) is 5.40. The van der Waals surface area contributed by atoms with Crippen LogP contribution in [0, 0.1) is 5.95 Å². The minimum atomic E-state index is -0.668. The zero-order chi connectivity index (χ0) is 24.4. The van der Waals surface area contributed by atoms with E-state index in [9.17, 15) is 18.8 Å². The molecule has 4 aromatic heterocycles. The predicted octanol–water partition coefficient (Wildman–Crippen LogP) is 2.58. The standard InChI is InChI=1S/C23H24FN7O3/c1-4-10-30-20-18(22(33)31(11-5-2)23(30)34)27-19(28-20)14-7-9-17(26-12-14)29(3)21(32)15-6-8-16(24)25-13-15/h6-9,12-13H,4-5,10-11H2,1-3H3,(H,27,28). The zero-order valence-electron chi connectivity index (χ0n) is 19.1. The summed E-state index contributed by atoms with van der Waals surface area (Å²) in [5.41, 5.74) is 0.598. The number of fused-ring (bicyclic) bond motifs is 1. The third kappa shape index (κ3) is 4.12. The van der Waals surface area contributed by atoms with Gasteiger partial charge in [-0.05, 0) is 37.1 Å². The molecule has 10 nitrogen and oxygen atoms in total. The van der Waals surface area contributed by atoms with Crippen LogP contribution in [0.3, 0.4) is 0 Å². The second kappa shape index (κ2) is 9.38. The molecule has 1 N–H and O–H groups in total. The van der Waals surface area contributed by atoms with E-state index in [1.165, 1.54) is 26.3 Å². The summed E-state index contributed by atoms with van der Waals surface area (Å²) in [5.74, 6) is -0.307. The van der Waals surface area contributed by atoms with Gasteiger partial charge in [0.05, 0.1) is 5.56 Å². The smallest absolute Gasteiger partial charge is 0.332 e. The molecule has 0 aliphatic carbocycles. The van der Waals surface area contributed by atoms with Crippen LogP contribution in [0.15, 0.2) is 46.2 Å². The van der Waals surface area contributed by atoms with Crippen molar-refractivity contribution in [2.45, 2.75) is 39.8 Å². The Balaban J connectivity index is 1.70. The summed E-state index contributed by atoms with van der Waals surface area (Å²) >= 11 is 0. The summed E-state index contributed by atoms with van der Waals surface area (Å²) in [6.07, 6.45) is 4.05. The highest BCUT2D eigenvalue weighted by atomic mass is 19.1. The molecule has 4 rings (SSSR count). The van der Waals surface area contributed by atoms with Gasteiger partial charge in [-0.2, -0.15) is 4.39 Å². The molecule has 0 saturated carbocycles. The molecule has 4 heterocycles. The molecule has 0 aliphatic rings. The van der Waals surface area contributed by atoms with Crippen molar-refractivity contribution in [3.8, 4) is 11.4 Å². The van der Waals surface area contributed by atoms with Crippen LogP contribution >= 0.6 is 0 Å². The number of hydrogen-bond acceptors (Lipinski definition) is 6. The Morgan fingerprint density at radius 3 is 2.38 bits per heavy atom. The molecule has 0 atom stereocenters. The molecule has 176 valence electrons. The molecule has 0 radical (unpaired) electrons. The molecule has 11 heteroatoms. The van der Waals surface area contributed by atoms with E-state index in [0.717, 1.165) is 12.3 Å². The first-order valence-electron chi connectivity index (χ1n) is 10.9. The first-order valence-corrected chi connectivity index (χ1v) is 10.9. The molecule has 0 fully saturated rings. The van der Waals surface area contributed by atoms with Gasteiger partial charge in [0.15, 0.2) is 5.65 Å². The molecule has 0 saturated heterocycles. The summed E-state index contributed by atoms with van der Waals surface area (Å²) in [6, 6.07) is 5.81. The van der Waals surface area contributed by atoms with E-state index in [2.05, 4.69) is 19.9 Å². The second-order valence-electron chi connectivity index (χ2n) is 7.81. The average Bonchev–Trinajstić information content (AvgIpc) is 3.30. The van der Waals surface area contributed by atoms with Gasteiger partial charge < -0.3 is 4.98 Å². The molecule has 0 spiro atoms. The number of carbonyl (C=O) groups excluding carboxylic acids is 1. The van der Waals surface area contributed by atoms with E-state index in [0.29, 0.717) is 48.8 Å². The molecule has 0 aliphatic heterocycles. The van der Waals surface area contributed by atoms with Crippen molar-refractivity contribution in [3.05, 3.63) is 69.0 Å². The Labute approximate surface area is 193 Å². The maximum atomic E-state index is 13.0. The highest BCUT2D eigenvalue weighted by Gasteiger charge is 2.19. The molecule has 1 amide bonds. The van der Waals surface area contributed by atoms with Gasteiger partial charge in [0.1, 0.15) is 17.2 Å². The largest absolute Gasteiger partial charge is 0.332 e. The van der Waals surface area contributed by atoms with E-state index >= 15 is 0 Å². The number of hydrogen-bond donors (Lipinski definition) is 1. The maximum Gasteiger partial charge on any atom is 0.332 e. The second-order valence-corrected chi connectivity index (χ2v) is 7.81. The van der Waals surface area contributed by atoms with Crippen molar-refractivity contribution in [3.63, 3.8) is 0 Å². The van der Waals surface area contributed by atoms with Gasteiger partial charge in [0.2, 0.25) is 5.95 Å². The number of aromatic nitrogens is 6. The van der Waals surface area contributed by atoms with Crippen LogP contribution in [0.4, 0.5) is 10.2 Å². The molecule has 0 unspecified atom stereocenters. The van der Waals surface area contributed by atoms with Gasteiger partial charge >= 0.3 is 5.69 Å². The highest BCUT2D eigenvalue weighted by molar-refractivity contribution is 6.05. The predicted molar refractivity (Wildman–Crippen MR) is 125 cm³/mol. The van der Waals surface area contributed by atoms with Crippen LogP contribution < -0.4 is 16.1 Å². The Morgan fingerprint density at radius 1 is 1.03 bits per heavy atom. The third-order valence-electron chi connectivity index (χ3n) is 5.40. The van der Waals surface area contributed by atoms with Crippen LogP contribution in [0.2, 0.25) is 0 Å². The van der Waals surface area contributed by atoms with Gasteiger partial charge in [-0.15, -0.1) is 0 Å². The average molecular weight is 465 g/mol. The Bertz CT molecular complexity index is 1450. The monoisotopic (exact) mass is 465 g/mol. The number of halogens is 1. The summed E-state index contributed by atoms with van der Waals surface area (Å²) in [4.78, 5) is 55.1. The number of nitrogens with one attached hydrogen (secondary N) is 1. The van der Waals surface area contributed by atoms with E-state index in [1.807, 2.05) is 13.8 Å². The van der Waals surface area contributed by atoms with Crippen molar-refractivity contribution >= 4 is 22.9 Å². The SMILES string of the molecule is CCCn1c(=O)c2[nH]c(-c3ccc(N(C)C(=O)c4ccc(F)nc4)nc3)nc2n(CCC)c1=O. The minimum Gasteiger partial charge on any atom is -0.332 e. The Morgan fingerprint density at radius 2 is 1.76 bits per heavy atom. The number of amides is 1. The van der Waals surface area contributed by atoms with Crippen molar-refractivity contribution in [1.82, 2.24) is 29.1 Å². The number of H-pyrrole nitrogens is 1. The highest BCUT2D eigenvalue weighted by Crippen LogP contribution is 2.21. The van der Waals surface area contributed by atoms with E-state index < -0.39 is 17.4 Å². The Hall–Kier alpha value is -4.15. The van der Waals surface area contributed by atoms with Crippen LogP contribution in [-0.4, -0.2) is 42.0 Å². The van der Waals surface area contributed by atoms with Crippen molar-refractivity contribution in [1.29, 1.82) is 0 Å². The molecule has 0 aromatic carbocycles. The van der Waals surface area contributed by atoms with E-state index in [1.54, 1.807) is 19.2 Å². The number of nitrogens with zero attached hydrogens (tertiary/aromatic N) is 6. The number of carbonyl (C=O) groups is 1. The number of pyridine rings is 2. The summed E-state index contributed by atoms with van der Waals surface area (Å²) < 4.78 is 15.8. The summed E-state index contributed by atoms with van der Waals surface area (Å²) in [5, 5.41) is 0.